The number of fused-ring (bicyclic) bond motifs is 1. The number of hydrogen-bond donors (Lipinski definition) is 0. The lowest BCUT2D eigenvalue weighted by molar-refractivity contribution is -0.577. The fourth-order valence-electron chi connectivity index (χ4n) is 3.59. The molecule has 3 amide bonds. The fourth-order valence-corrected chi connectivity index (χ4v) is 4.24. The number of nitrogens with zero attached hydrogens (tertiary/aromatic N) is 3. The fraction of sp³-hybridized carbons (Fsp3) is 0.227. The zero-order chi connectivity index (χ0) is 23.2. The molecular weight excluding hydrogens is 459 g/mol. The quantitative estimate of drug-likeness (QED) is 0.321. The highest BCUT2D eigenvalue weighted by Gasteiger charge is 2.44. The lowest BCUT2D eigenvalue weighted by Gasteiger charge is -2.20. The lowest BCUT2D eigenvalue weighted by Crippen LogP contribution is -2.34. The van der Waals surface area contributed by atoms with E-state index in [4.69, 9.17) is 0 Å². The Bertz CT molecular complexity index is 1250. The number of urea groups is 1. The van der Waals surface area contributed by atoms with Gasteiger partial charge in [0.1, 0.15) is 6.04 Å². The monoisotopic (exact) mass is 479 g/mol. The molecule has 4 rings (SSSR count). The Morgan fingerprint density at radius 1 is 1.06 bits per heavy atom. The predicted octanol–water partition coefficient (Wildman–Crippen LogP) is 4.09. The van der Waals surface area contributed by atoms with Crippen LogP contribution in [0.5, 0.6) is 0 Å². The summed E-state index contributed by atoms with van der Waals surface area (Å²) < 4.78 is 50.2. The van der Waals surface area contributed by atoms with Gasteiger partial charge in [-0.2, -0.15) is 17.9 Å². The molecule has 33 heavy (non-hydrogen) atoms. The molecule has 0 spiro atoms. The van der Waals surface area contributed by atoms with Crippen molar-refractivity contribution in [2.75, 3.05) is 4.90 Å². The molecule has 0 N–H and O–H groups in total. The van der Waals surface area contributed by atoms with Gasteiger partial charge in [-0.05, 0) is 42.8 Å². The van der Waals surface area contributed by atoms with Gasteiger partial charge in [-0.3, -0.25) is 4.79 Å². The first-order valence-electron chi connectivity index (χ1n) is 9.42. The van der Waals surface area contributed by atoms with Crippen molar-refractivity contribution in [3.63, 3.8) is 0 Å². The molecule has 1 fully saturated rings. The topological polar surface area (TPSA) is 84.6 Å². The van der Waals surface area contributed by atoms with Crippen molar-refractivity contribution in [3.8, 4) is 0 Å². The molecule has 2 atom stereocenters. The maximum atomic E-state index is 13.0. The van der Waals surface area contributed by atoms with Gasteiger partial charge in [-0.1, -0.05) is 19.6 Å². The minimum Gasteiger partial charge on any atom is -0.618 e. The van der Waals surface area contributed by atoms with Crippen molar-refractivity contribution in [1.29, 1.82) is 0 Å². The number of amides is 3. The van der Waals surface area contributed by atoms with E-state index < -0.39 is 39.2 Å². The van der Waals surface area contributed by atoms with E-state index in [0.717, 1.165) is 29.2 Å². The van der Waals surface area contributed by atoms with E-state index in [2.05, 4.69) is 0 Å². The predicted molar refractivity (Wildman–Crippen MR) is 116 cm³/mol. The summed E-state index contributed by atoms with van der Waals surface area (Å²) in [6.45, 7) is 1.60. The summed E-state index contributed by atoms with van der Waals surface area (Å²) in [4.78, 5) is 27.5. The van der Waals surface area contributed by atoms with Crippen LogP contribution in [-0.2, 0) is 22.1 Å². The molecule has 1 unspecified atom stereocenters. The van der Waals surface area contributed by atoms with Gasteiger partial charge in [-0.25, -0.2) is 13.9 Å². The van der Waals surface area contributed by atoms with Gasteiger partial charge in [0.15, 0.2) is 17.0 Å². The molecule has 0 saturated carbocycles. The molecule has 0 aliphatic carbocycles. The summed E-state index contributed by atoms with van der Waals surface area (Å²) in [5.74, 6) is -0.543. The van der Waals surface area contributed by atoms with Gasteiger partial charge in [-0.15, -0.1) is 0 Å². The van der Waals surface area contributed by atoms with Crippen molar-refractivity contribution in [1.82, 2.24) is 4.90 Å². The molecule has 3 aromatic rings. The number of benzene rings is 2. The summed E-state index contributed by atoms with van der Waals surface area (Å²) in [7, 11) is -3.21. The van der Waals surface area contributed by atoms with Gasteiger partial charge in [0.25, 0.3) is 5.91 Å². The van der Waals surface area contributed by atoms with Crippen molar-refractivity contribution in [2.45, 2.75) is 37.3 Å². The number of alkyl halides is 3. The number of pyridine rings is 1. The minimum absolute atomic E-state index is 0. The number of hydrogen-bond acceptors (Lipinski definition) is 4. The molecule has 2 heterocycles. The number of para-hydroxylation sites is 1. The highest BCUT2D eigenvalue weighted by Crippen LogP contribution is 2.31. The molecule has 0 radical (unpaired) electrons. The minimum atomic E-state index is -4.91. The van der Waals surface area contributed by atoms with Crippen LogP contribution >= 0.6 is 0 Å². The lowest BCUT2D eigenvalue weighted by atomic mass is 10.1. The van der Waals surface area contributed by atoms with Crippen molar-refractivity contribution in [3.05, 3.63) is 71.6 Å². The maximum absolute atomic E-state index is 13.0. The van der Waals surface area contributed by atoms with Crippen LogP contribution in [0.3, 0.4) is 0 Å². The summed E-state index contributed by atoms with van der Waals surface area (Å²) >= 11 is 0. The van der Waals surface area contributed by atoms with Gasteiger partial charge in [0.05, 0.1) is 11.1 Å². The zero-order valence-electron chi connectivity index (χ0n) is 16.6. The summed E-state index contributed by atoms with van der Waals surface area (Å²) in [5, 5.41) is 12.6. The smallest absolute Gasteiger partial charge is 0.475 e. The summed E-state index contributed by atoms with van der Waals surface area (Å²) in [6, 6.07) is 11.2. The average Bonchev–Trinajstić information content (AvgIpc) is 2.98. The number of rotatable bonds is 4. The van der Waals surface area contributed by atoms with Crippen LogP contribution in [0, 0.1) is 5.21 Å². The third-order valence-corrected chi connectivity index (χ3v) is 6.36. The summed E-state index contributed by atoms with van der Waals surface area (Å²) in [5.41, 5.74) is -3.75. The van der Waals surface area contributed by atoms with Crippen LogP contribution in [0.4, 0.5) is 23.7 Å². The van der Waals surface area contributed by atoms with E-state index >= 15 is 0 Å². The first kappa shape index (κ1) is 24.2. The van der Waals surface area contributed by atoms with E-state index in [9.17, 15) is 32.2 Å². The number of imide groups is 1. The van der Waals surface area contributed by atoms with Crippen molar-refractivity contribution < 1.29 is 31.7 Å². The largest absolute Gasteiger partial charge is 0.618 e. The highest BCUT2D eigenvalue weighted by molar-refractivity contribution is 7.86. The van der Waals surface area contributed by atoms with E-state index in [1.54, 1.807) is 37.3 Å². The van der Waals surface area contributed by atoms with E-state index in [-0.39, 0.29) is 19.7 Å². The zero-order valence-corrected chi connectivity index (χ0v) is 17.4. The Hall–Kier alpha value is -3.47. The third kappa shape index (κ3) is 4.28. The van der Waals surface area contributed by atoms with Crippen LogP contribution in [0.25, 0.3) is 10.9 Å². The van der Waals surface area contributed by atoms with Crippen LogP contribution in [-0.4, -0.2) is 32.6 Å². The first-order chi connectivity index (χ1) is 15.1. The highest BCUT2D eigenvalue weighted by atomic mass is 32.2. The SMILES string of the molecule is C.C[C@H]1C(=O)N(c2ccc(S(=O)C(F)(F)F)cc2)C(=O)N1Cc1cc[n+]([O-])c2ccccc12. The van der Waals surface area contributed by atoms with E-state index in [0.29, 0.717) is 21.2 Å². The van der Waals surface area contributed by atoms with Crippen LogP contribution in [0.15, 0.2) is 65.7 Å². The molecule has 1 aromatic heterocycles. The average molecular weight is 479 g/mol. The second-order valence-corrected chi connectivity index (χ2v) is 8.62. The maximum Gasteiger partial charge on any atom is 0.475 e. The molecule has 174 valence electrons. The number of carbonyl (C=O) groups excluding carboxylic acids is 2. The molecule has 0 bridgehead atoms. The Morgan fingerprint density at radius 2 is 1.70 bits per heavy atom. The first-order valence-corrected chi connectivity index (χ1v) is 10.6. The molecule has 1 saturated heterocycles. The third-order valence-electron chi connectivity index (χ3n) is 5.24. The molecule has 1 aliphatic rings. The number of carbonyl (C=O) groups is 2. The van der Waals surface area contributed by atoms with Crippen LogP contribution in [0.2, 0.25) is 0 Å². The molecule has 11 heteroatoms. The number of halogens is 3. The summed E-state index contributed by atoms with van der Waals surface area (Å²) in [6.07, 6.45) is 1.32. The molecule has 7 nitrogen and oxygen atoms in total. The van der Waals surface area contributed by atoms with Gasteiger partial charge < -0.3 is 10.1 Å². The van der Waals surface area contributed by atoms with Crippen LogP contribution in [0.1, 0.15) is 19.9 Å². The molecule has 1 aliphatic heterocycles. The van der Waals surface area contributed by atoms with E-state index in [1.165, 1.54) is 11.1 Å². The Balaban J connectivity index is 0.00000306. The van der Waals surface area contributed by atoms with Gasteiger partial charge in [0.2, 0.25) is 5.52 Å². The second-order valence-electron chi connectivity index (χ2n) is 7.15. The molecule has 2 aromatic carbocycles. The Kier molecular flexibility index (Phi) is 6.46. The standard InChI is InChI=1S/C21H16F3N3O4S.CH4/c1-13-19(28)27(15-6-8-16(9-7-15)32(31)21(22,23)24)20(29)25(13)12-14-10-11-26(30)18-5-3-2-4-17(14)18;/h2-11,13H,12H2,1H3;1H4/t13-,32?;/m0./s1. The molecular formula is C22H20F3N3O4S. The van der Waals surface area contributed by atoms with Crippen LogP contribution < -0.4 is 9.63 Å². The van der Waals surface area contributed by atoms with Gasteiger partial charge in [0, 0.05) is 23.6 Å². The Labute approximate surface area is 190 Å². The Morgan fingerprint density at radius 3 is 2.33 bits per heavy atom. The van der Waals surface area contributed by atoms with Crippen molar-refractivity contribution >= 4 is 39.3 Å². The van der Waals surface area contributed by atoms with E-state index in [1.807, 2.05) is 0 Å². The number of aromatic nitrogens is 1. The normalized spacial score (nSPS) is 17.4. The number of anilines is 1. The van der Waals surface area contributed by atoms with Crippen molar-refractivity contribution in [2.24, 2.45) is 0 Å². The second kappa shape index (κ2) is 8.81. The van der Waals surface area contributed by atoms with Gasteiger partial charge >= 0.3 is 11.5 Å².